The summed E-state index contributed by atoms with van der Waals surface area (Å²) in [6.45, 7) is 5.11. The van der Waals surface area contributed by atoms with Crippen molar-refractivity contribution >= 4 is 23.5 Å². The van der Waals surface area contributed by atoms with Crippen LogP contribution in [0.15, 0.2) is 67.0 Å². The zero-order valence-electron chi connectivity index (χ0n) is 22.8. The summed E-state index contributed by atoms with van der Waals surface area (Å²) in [4.78, 5) is 45.2. The molecule has 210 valence electrons. The fourth-order valence-corrected chi connectivity index (χ4v) is 4.66. The van der Waals surface area contributed by atoms with Crippen molar-refractivity contribution in [3.05, 3.63) is 89.2 Å². The molecule has 3 atom stereocenters. The maximum Gasteiger partial charge on any atom is 0.335 e. The van der Waals surface area contributed by atoms with Crippen molar-refractivity contribution in [1.29, 1.82) is 0 Å². The largest absolute Gasteiger partial charge is 0.488 e. The Morgan fingerprint density at radius 2 is 1.82 bits per heavy atom. The number of anilines is 1. The molecule has 0 spiro atoms. The van der Waals surface area contributed by atoms with Gasteiger partial charge in [-0.15, -0.1) is 0 Å². The van der Waals surface area contributed by atoms with E-state index in [4.69, 9.17) is 9.84 Å². The van der Waals surface area contributed by atoms with Crippen LogP contribution in [-0.4, -0.2) is 81.7 Å². The van der Waals surface area contributed by atoms with Crippen molar-refractivity contribution in [3.63, 3.8) is 0 Å². The van der Waals surface area contributed by atoms with Gasteiger partial charge in [-0.2, -0.15) is 0 Å². The second-order valence-electron chi connectivity index (χ2n) is 10.2. The Kier molecular flexibility index (Phi) is 9.13. The predicted octanol–water partition coefficient (Wildman–Crippen LogP) is 3.38. The number of amides is 2. The molecule has 1 aromatic heterocycles. The van der Waals surface area contributed by atoms with Gasteiger partial charge in [0.2, 0.25) is 0 Å². The first-order valence-corrected chi connectivity index (χ1v) is 13.1. The summed E-state index contributed by atoms with van der Waals surface area (Å²) in [5.41, 5.74) is 2.39. The average Bonchev–Trinajstić information content (AvgIpc) is 2.95. The number of benzene rings is 2. The Morgan fingerprint density at radius 3 is 2.48 bits per heavy atom. The molecule has 3 N–H and O–H groups in total. The number of aromatic carboxylic acids is 1. The molecule has 10 heteroatoms. The summed E-state index contributed by atoms with van der Waals surface area (Å²) in [6, 6.07) is 14.5. The van der Waals surface area contributed by atoms with Crippen molar-refractivity contribution in [1.82, 2.24) is 14.8 Å². The number of fused-ring (bicyclic) bond motifs is 1. The van der Waals surface area contributed by atoms with E-state index in [1.165, 1.54) is 12.4 Å². The monoisotopic (exact) mass is 546 g/mol. The third-order valence-corrected chi connectivity index (χ3v) is 7.01. The lowest BCUT2D eigenvalue weighted by atomic mass is 9.99. The number of carboxylic acid groups (broad SMARTS) is 1. The number of hydrogen-bond acceptors (Lipinski definition) is 7. The molecule has 0 radical (unpaired) electrons. The zero-order valence-corrected chi connectivity index (χ0v) is 22.8. The van der Waals surface area contributed by atoms with E-state index in [-0.39, 0.29) is 36.0 Å². The van der Waals surface area contributed by atoms with Gasteiger partial charge in [-0.05, 0) is 62.0 Å². The van der Waals surface area contributed by atoms with Gasteiger partial charge in [-0.3, -0.25) is 19.5 Å². The Labute approximate surface area is 233 Å². The second-order valence-corrected chi connectivity index (χ2v) is 10.2. The molecule has 0 aliphatic carbocycles. The smallest absolute Gasteiger partial charge is 0.335 e. The lowest BCUT2D eigenvalue weighted by Crippen LogP contribution is -2.49. The highest BCUT2D eigenvalue weighted by molar-refractivity contribution is 6.05. The van der Waals surface area contributed by atoms with Crippen molar-refractivity contribution in [2.45, 2.75) is 32.5 Å². The standard InChI is InChI=1S/C30H34N4O6/c1-19-15-34(20(2)18-35)29(37)25-14-24(32-28(36)22-10-12-31-13-11-22)8-9-26(25)40-27(19)17-33(3)16-21-4-6-23(7-5-21)30(38)39/h4-14,19-20,27,35H,15-18H2,1-3H3,(H,32,36)(H,38,39)/t19-,20-,27+/m1/s1. The summed E-state index contributed by atoms with van der Waals surface area (Å²) in [6.07, 6.45) is 2.77. The maximum atomic E-state index is 13.7. The van der Waals surface area contributed by atoms with Crippen LogP contribution >= 0.6 is 0 Å². The zero-order chi connectivity index (χ0) is 28.8. The molecule has 3 aromatic rings. The SMILES string of the molecule is C[C@@H]1CN([C@H](C)CO)C(=O)c2cc(NC(=O)c3ccncc3)ccc2O[C@H]1CN(C)Cc1ccc(C(=O)O)cc1. The van der Waals surface area contributed by atoms with Crippen molar-refractivity contribution in [2.75, 3.05) is 32.1 Å². The van der Waals surface area contributed by atoms with Crippen LogP contribution in [-0.2, 0) is 6.54 Å². The molecule has 0 fully saturated rings. The fourth-order valence-electron chi connectivity index (χ4n) is 4.66. The summed E-state index contributed by atoms with van der Waals surface area (Å²) >= 11 is 0. The number of carboxylic acids is 1. The second kappa shape index (κ2) is 12.7. The van der Waals surface area contributed by atoms with E-state index < -0.39 is 12.0 Å². The van der Waals surface area contributed by atoms with Gasteiger partial charge in [0.25, 0.3) is 11.8 Å². The number of likely N-dealkylation sites (N-methyl/N-ethyl adjacent to an activating group) is 1. The van der Waals surface area contributed by atoms with Crippen LogP contribution in [0.1, 0.15) is 50.5 Å². The highest BCUT2D eigenvalue weighted by atomic mass is 16.5. The number of aliphatic hydroxyl groups is 1. The third kappa shape index (κ3) is 6.83. The van der Waals surface area contributed by atoms with Crippen molar-refractivity contribution in [2.24, 2.45) is 5.92 Å². The summed E-state index contributed by atoms with van der Waals surface area (Å²) < 4.78 is 6.43. The quantitative estimate of drug-likeness (QED) is 0.372. The van der Waals surface area contributed by atoms with Crippen LogP contribution in [0.25, 0.3) is 0 Å². The van der Waals surface area contributed by atoms with Crippen molar-refractivity contribution in [3.8, 4) is 5.75 Å². The fraction of sp³-hybridized carbons (Fsp3) is 0.333. The van der Waals surface area contributed by atoms with Crippen LogP contribution < -0.4 is 10.1 Å². The molecule has 1 aliphatic rings. The minimum atomic E-state index is -0.966. The first-order chi connectivity index (χ1) is 19.2. The van der Waals surface area contributed by atoms with Gasteiger partial charge in [0.15, 0.2) is 0 Å². The lowest BCUT2D eigenvalue weighted by molar-refractivity contribution is 0.0341. The van der Waals surface area contributed by atoms with E-state index in [0.717, 1.165) is 5.56 Å². The highest BCUT2D eigenvalue weighted by Gasteiger charge is 2.33. The first kappa shape index (κ1) is 28.7. The molecule has 40 heavy (non-hydrogen) atoms. The number of carbonyl (C=O) groups is 3. The maximum absolute atomic E-state index is 13.7. The van der Waals surface area contributed by atoms with E-state index in [2.05, 4.69) is 15.2 Å². The molecule has 0 bridgehead atoms. The molecule has 2 heterocycles. The number of nitrogens with zero attached hydrogens (tertiary/aromatic N) is 3. The van der Waals surface area contributed by atoms with Crippen LogP contribution in [0.4, 0.5) is 5.69 Å². The Bertz CT molecular complexity index is 1350. The molecule has 4 rings (SSSR count). The molecule has 0 saturated heterocycles. The minimum absolute atomic E-state index is 0.0611. The summed E-state index contributed by atoms with van der Waals surface area (Å²) in [7, 11) is 1.96. The van der Waals surface area contributed by atoms with E-state index >= 15 is 0 Å². The molecule has 0 unspecified atom stereocenters. The van der Waals surface area contributed by atoms with Crippen LogP contribution in [0.3, 0.4) is 0 Å². The average molecular weight is 547 g/mol. The summed E-state index contributed by atoms with van der Waals surface area (Å²) in [5.74, 6) is -1.24. The predicted molar refractivity (Wildman–Crippen MR) is 150 cm³/mol. The van der Waals surface area contributed by atoms with Crippen molar-refractivity contribution < 1.29 is 29.3 Å². The molecule has 10 nitrogen and oxygen atoms in total. The van der Waals surface area contributed by atoms with Crippen LogP contribution in [0.5, 0.6) is 5.75 Å². The number of pyridine rings is 1. The van der Waals surface area contributed by atoms with E-state index in [1.807, 2.05) is 14.0 Å². The topological polar surface area (TPSA) is 132 Å². The minimum Gasteiger partial charge on any atom is -0.488 e. The highest BCUT2D eigenvalue weighted by Crippen LogP contribution is 2.31. The third-order valence-electron chi connectivity index (χ3n) is 7.01. The molecular weight excluding hydrogens is 512 g/mol. The Hall–Kier alpha value is -4.28. The van der Waals surface area contributed by atoms with Gasteiger partial charge in [0, 0.05) is 49.2 Å². The Balaban J connectivity index is 1.57. The van der Waals surface area contributed by atoms with Gasteiger partial charge in [-0.1, -0.05) is 19.1 Å². The van der Waals surface area contributed by atoms with Gasteiger partial charge >= 0.3 is 5.97 Å². The molecule has 2 aromatic carbocycles. The number of rotatable bonds is 9. The first-order valence-electron chi connectivity index (χ1n) is 13.1. The number of hydrogen-bond donors (Lipinski definition) is 3. The van der Waals surface area contributed by atoms with Gasteiger partial charge in [-0.25, -0.2) is 4.79 Å². The molecule has 0 saturated carbocycles. The van der Waals surface area contributed by atoms with E-state index in [9.17, 15) is 19.5 Å². The lowest BCUT2D eigenvalue weighted by Gasteiger charge is -2.38. The number of aromatic nitrogens is 1. The van der Waals surface area contributed by atoms with Gasteiger partial charge < -0.3 is 25.2 Å². The van der Waals surface area contributed by atoms with E-state index in [1.54, 1.807) is 66.4 Å². The molecule has 1 aliphatic heterocycles. The molecular formula is C30H34N4O6. The number of carbonyl (C=O) groups excluding carboxylic acids is 2. The van der Waals surface area contributed by atoms with Gasteiger partial charge in [0.1, 0.15) is 11.9 Å². The Morgan fingerprint density at radius 1 is 1.12 bits per heavy atom. The summed E-state index contributed by atoms with van der Waals surface area (Å²) in [5, 5.41) is 21.9. The molecule has 2 amide bonds. The van der Waals surface area contributed by atoms with Crippen LogP contribution in [0, 0.1) is 5.92 Å². The van der Waals surface area contributed by atoms with Gasteiger partial charge in [0.05, 0.1) is 23.8 Å². The van der Waals surface area contributed by atoms with E-state index in [0.29, 0.717) is 42.2 Å². The number of aliphatic hydroxyl groups excluding tert-OH is 1. The van der Waals surface area contributed by atoms with Crippen LogP contribution in [0.2, 0.25) is 0 Å². The normalized spacial score (nSPS) is 17.8. The number of ether oxygens (including phenoxy) is 1. The number of nitrogens with one attached hydrogen (secondary N) is 1.